The number of carboxylic acids is 1. The lowest BCUT2D eigenvalue weighted by atomic mass is 9.91. The second-order valence-corrected chi connectivity index (χ2v) is 7.20. The molecule has 0 bridgehead atoms. The van der Waals surface area contributed by atoms with Crippen LogP contribution in [0.2, 0.25) is 0 Å². The average Bonchev–Trinajstić information content (AvgIpc) is 2.65. The van der Waals surface area contributed by atoms with Crippen LogP contribution in [0.3, 0.4) is 0 Å². The van der Waals surface area contributed by atoms with Crippen molar-refractivity contribution in [2.24, 2.45) is 5.92 Å². The molecule has 7 heteroatoms. The lowest BCUT2D eigenvalue weighted by molar-refractivity contribution is -0.137. The molecule has 26 heavy (non-hydrogen) atoms. The fourth-order valence-corrected chi connectivity index (χ4v) is 3.83. The number of urea groups is 1. The highest BCUT2D eigenvalue weighted by molar-refractivity contribution is 5.90. The van der Waals surface area contributed by atoms with E-state index in [1.54, 1.807) is 40.9 Å². The van der Waals surface area contributed by atoms with E-state index in [0.717, 1.165) is 11.1 Å². The summed E-state index contributed by atoms with van der Waals surface area (Å²) in [6.45, 7) is 2.13. The Labute approximate surface area is 153 Å². The first-order chi connectivity index (χ1) is 12.4. The number of rotatable bonds is 2. The molecule has 1 aromatic rings. The Kier molecular flexibility index (Phi) is 5.15. The molecule has 0 unspecified atom stereocenters. The van der Waals surface area contributed by atoms with Crippen molar-refractivity contribution in [3.8, 4) is 0 Å². The van der Waals surface area contributed by atoms with E-state index >= 15 is 0 Å². The van der Waals surface area contributed by atoms with Crippen molar-refractivity contribution in [3.05, 3.63) is 34.9 Å². The third-order valence-corrected chi connectivity index (χ3v) is 5.31. The van der Waals surface area contributed by atoms with Crippen LogP contribution in [-0.4, -0.2) is 71.4 Å². The average molecular weight is 359 g/mol. The van der Waals surface area contributed by atoms with Gasteiger partial charge in [0.05, 0.1) is 5.56 Å². The number of likely N-dealkylation sites (tertiary alicyclic amines) is 1. The first-order valence-corrected chi connectivity index (χ1v) is 8.97. The fourth-order valence-electron chi connectivity index (χ4n) is 3.83. The summed E-state index contributed by atoms with van der Waals surface area (Å²) in [5.41, 5.74) is 2.05. The van der Waals surface area contributed by atoms with Crippen molar-refractivity contribution in [1.82, 2.24) is 14.7 Å². The highest BCUT2D eigenvalue weighted by atomic mass is 16.4. The van der Waals surface area contributed by atoms with Gasteiger partial charge in [0.15, 0.2) is 0 Å². The predicted molar refractivity (Wildman–Crippen MR) is 95.9 cm³/mol. The minimum Gasteiger partial charge on any atom is -0.478 e. The van der Waals surface area contributed by atoms with Gasteiger partial charge in [-0.05, 0) is 36.5 Å². The molecule has 2 aliphatic heterocycles. The Bertz CT molecular complexity index is 723. The van der Waals surface area contributed by atoms with Crippen LogP contribution in [0, 0.1) is 5.92 Å². The Morgan fingerprint density at radius 1 is 1.08 bits per heavy atom. The third-order valence-electron chi connectivity index (χ3n) is 5.31. The summed E-state index contributed by atoms with van der Waals surface area (Å²) < 4.78 is 0. The van der Waals surface area contributed by atoms with Crippen LogP contribution in [0.4, 0.5) is 4.79 Å². The van der Waals surface area contributed by atoms with Gasteiger partial charge in [-0.3, -0.25) is 4.79 Å². The van der Waals surface area contributed by atoms with Crippen LogP contribution in [0.25, 0.3) is 0 Å². The van der Waals surface area contributed by atoms with E-state index in [4.69, 9.17) is 0 Å². The highest BCUT2D eigenvalue weighted by Gasteiger charge is 2.32. The topological polar surface area (TPSA) is 81.2 Å². The van der Waals surface area contributed by atoms with Crippen molar-refractivity contribution in [3.63, 3.8) is 0 Å². The third kappa shape index (κ3) is 3.52. The van der Waals surface area contributed by atoms with Crippen molar-refractivity contribution >= 4 is 17.9 Å². The molecule has 0 radical (unpaired) electrons. The summed E-state index contributed by atoms with van der Waals surface area (Å²) in [6.07, 6.45) is 1.99. The lowest BCUT2D eigenvalue weighted by Gasteiger charge is -2.37. The van der Waals surface area contributed by atoms with Gasteiger partial charge < -0.3 is 19.8 Å². The van der Waals surface area contributed by atoms with Crippen molar-refractivity contribution in [2.75, 3.05) is 33.7 Å². The quantitative estimate of drug-likeness (QED) is 0.871. The number of aromatic carboxylic acids is 1. The molecule has 0 aliphatic carbocycles. The van der Waals surface area contributed by atoms with Crippen molar-refractivity contribution < 1.29 is 19.5 Å². The van der Waals surface area contributed by atoms with E-state index in [0.29, 0.717) is 45.4 Å². The maximum absolute atomic E-state index is 12.9. The van der Waals surface area contributed by atoms with Crippen LogP contribution in [-0.2, 0) is 17.8 Å². The zero-order valence-electron chi connectivity index (χ0n) is 15.3. The van der Waals surface area contributed by atoms with Crippen molar-refractivity contribution in [1.29, 1.82) is 0 Å². The maximum atomic E-state index is 12.9. The molecule has 140 valence electrons. The molecule has 2 heterocycles. The van der Waals surface area contributed by atoms with Crippen LogP contribution in [0.15, 0.2) is 18.2 Å². The Hall–Kier alpha value is -2.57. The fraction of sp³-hybridized carbons (Fsp3) is 0.526. The molecule has 7 nitrogen and oxygen atoms in total. The van der Waals surface area contributed by atoms with Crippen molar-refractivity contribution in [2.45, 2.75) is 25.8 Å². The Balaban J connectivity index is 1.66. The molecular formula is C19H25N3O4. The van der Waals surface area contributed by atoms with E-state index in [2.05, 4.69) is 0 Å². The normalized spacial score (nSPS) is 17.6. The van der Waals surface area contributed by atoms with Gasteiger partial charge in [-0.1, -0.05) is 12.1 Å². The zero-order valence-corrected chi connectivity index (χ0v) is 15.3. The van der Waals surface area contributed by atoms with Gasteiger partial charge in [-0.25, -0.2) is 9.59 Å². The molecule has 3 amide bonds. The van der Waals surface area contributed by atoms with Gasteiger partial charge in [0.2, 0.25) is 5.91 Å². The number of carbonyl (C=O) groups is 3. The maximum Gasteiger partial charge on any atom is 0.336 e. The second-order valence-electron chi connectivity index (χ2n) is 7.20. The van der Waals surface area contributed by atoms with Gasteiger partial charge in [0.25, 0.3) is 0 Å². The van der Waals surface area contributed by atoms with Crippen LogP contribution in [0.5, 0.6) is 0 Å². The molecule has 0 atom stereocenters. The molecule has 3 rings (SSSR count). The summed E-state index contributed by atoms with van der Waals surface area (Å²) in [5.74, 6) is -0.973. The van der Waals surface area contributed by atoms with E-state index in [-0.39, 0.29) is 23.4 Å². The minimum atomic E-state index is -0.952. The van der Waals surface area contributed by atoms with E-state index < -0.39 is 5.97 Å². The number of benzene rings is 1. The number of piperidine rings is 1. The summed E-state index contributed by atoms with van der Waals surface area (Å²) in [5, 5.41) is 9.40. The van der Waals surface area contributed by atoms with Gasteiger partial charge in [0, 0.05) is 46.2 Å². The van der Waals surface area contributed by atoms with Gasteiger partial charge in [0.1, 0.15) is 0 Å². The lowest BCUT2D eigenvalue weighted by Crippen LogP contribution is -2.48. The summed E-state index contributed by atoms with van der Waals surface area (Å²) in [7, 11) is 3.45. The van der Waals surface area contributed by atoms with Crippen LogP contribution in [0.1, 0.15) is 34.3 Å². The van der Waals surface area contributed by atoms with Gasteiger partial charge >= 0.3 is 12.0 Å². The highest BCUT2D eigenvalue weighted by Crippen LogP contribution is 2.27. The number of hydrogen-bond donors (Lipinski definition) is 1. The minimum absolute atomic E-state index is 0.0195. The molecule has 0 saturated carbocycles. The van der Waals surface area contributed by atoms with Crippen LogP contribution >= 0.6 is 0 Å². The second kappa shape index (κ2) is 7.35. The largest absolute Gasteiger partial charge is 0.478 e. The SMILES string of the molecule is CN(C)C(=O)N1CCC(C(=O)N2CCc3cccc(C(=O)O)c3C2)CC1. The number of carboxylic acid groups (broad SMARTS) is 1. The molecule has 1 saturated heterocycles. The summed E-state index contributed by atoms with van der Waals surface area (Å²) >= 11 is 0. The number of hydrogen-bond acceptors (Lipinski definition) is 3. The number of carbonyl (C=O) groups excluding carboxylic acids is 2. The predicted octanol–water partition coefficient (Wildman–Crippen LogP) is 1.66. The molecule has 0 aromatic heterocycles. The molecule has 0 spiro atoms. The monoisotopic (exact) mass is 359 g/mol. The summed E-state index contributed by atoms with van der Waals surface area (Å²) in [6, 6.07) is 5.28. The smallest absolute Gasteiger partial charge is 0.336 e. The van der Waals surface area contributed by atoms with Gasteiger partial charge in [-0.2, -0.15) is 0 Å². The van der Waals surface area contributed by atoms with E-state index in [1.165, 1.54) is 0 Å². The first-order valence-electron chi connectivity index (χ1n) is 8.97. The van der Waals surface area contributed by atoms with Gasteiger partial charge in [-0.15, -0.1) is 0 Å². The molecule has 1 aromatic carbocycles. The number of amides is 3. The zero-order chi connectivity index (χ0) is 18.8. The molecule has 1 fully saturated rings. The standard InChI is InChI=1S/C19H25N3O4/c1-20(2)19(26)21-9-7-14(8-10-21)17(23)22-11-6-13-4-3-5-15(18(24)25)16(13)12-22/h3-5,14H,6-12H2,1-2H3,(H,24,25). The Morgan fingerprint density at radius 2 is 1.77 bits per heavy atom. The summed E-state index contributed by atoms with van der Waals surface area (Å²) in [4.78, 5) is 41.5. The van der Waals surface area contributed by atoms with E-state index in [1.807, 2.05) is 6.07 Å². The number of fused-ring (bicyclic) bond motifs is 1. The van der Waals surface area contributed by atoms with Crippen LogP contribution < -0.4 is 0 Å². The Morgan fingerprint density at radius 3 is 2.38 bits per heavy atom. The number of nitrogens with zero attached hydrogens (tertiary/aromatic N) is 3. The molecule has 2 aliphatic rings. The molecular weight excluding hydrogens is 334 g/mol. The molecule has 1 N–H and O–H groups in total. The van der Waals surface area contributed by atoms with E-state index in [9.17, 15) is 19.5 Å². The first kappa shape index (κ1) is 18.2.